The zero-order chi connectivity index (χ0) is 10.9. The van der Waals surface area contributed by atoms with Gasteiger partial charge in [-0.25, -0.2) is 8.78 Å². The molecule has 0 radical (unpaired) electrons. The molecule has 1 heterocycles. The van der Waals surface area contributed by atoms with Crippen LogP contribution in [-0.4, -0.2) is 29.3 Å². The minimum absolute atomic E-state index is 0.103. The number of piperidine rings is 1. The number of halogens is 2. The maximum absolute atomic E-state index is 13.0. The second kappa shape index (κ2) is 3.83. The molecule has 2 unspecified atom stereocenters. The summed E-state index contributed by atoms with van der Waals surface area (Å²) in [7, 11) is 0. The third-order valence-corrected chi connectivity index (χ3v) is 2.94. The lowest BCUT2D eigenvalue weighted by atomic mass is 9.88. The van der Waals surface area contributed by atoms with Crippen molar-refractivity contribution in [2.45, 2.75) is 45.6 Å². The molecule has 1 rings (SSSR count). The summed E-state index contributed by atoms with van der Waals surface area (Å²) in [6.45, 7) is 5.09. The van der Waals surface area contributed by atoms with Crippen LogP contribution in [0.3, 0.4) is 0 Å². The molecule has 0 aliphatic carbocycles. The van der Waals surface area contributed by atoms with Gasteiger partial charge in [0.25, 0.3) is 5.92 Å². The highest BCUT2D eigenvalue weighted by atomic mass is 19.3. The smallest absolute Gasteiger partial charge is 0.256 e. The predicted molar refractivity (Wildman–Crippen MR) is 50.2 cm³/mol. The summed E-state index contributed by atoms with van der Waals surface area (Å²) in [5.74, 6) is -4.39. The highest BCUT2D eigenvalue weighted by Gasteiger charge is 2.44. The fourth-order valence-corrected chi connectivity index (χ4v) is 2.04. The number of alkyl halides is 2. The number of carbonyl (C=O) groups is 1. The number of hydrogen-bond donors (Lipinski definition) is 0. The van der Waals surface area contributed by atoms with Gasteiger partial charge in [-0.1, -0.05) is 0 Å². The van der Waals surface area contributed by atoms with Gasteiger partial charge < -0.3 is 4.90 Å². The Morgan fingerprint density at radius 2 is 2.07 bits per heavy atom. The largest absolute Gasteiger partial charge is 0.340 e. The molecule has 1 amide bonds. The van der Waals surface area contributed by atoms with Crippen LogP contribution in [0.15, 0.2) is 0 Å². The predicted octanol–water partition coefficient (Wildman–Crippen LogP) is 2.29. The van der Waals surface area contributed by atoms with Crippen LogP contribution in [-0.2, 0) is 4.79 Å². The van der Waals surface area contributed by atoms with Gasteiger partial charge in [0.05, 0.1) is 0 Å². The van der Waals surface area contributed by atoms with E-state index >= 15 is 0 Å². The first-order chi connectivity index (χ1) is 6.38. The zero-order valence-corrected chi connectivity index (χ0v) is 8.89. The van der Waals surface area contributed by atoms with E-state index in [1.54, 1.807) is 4.90 Å². The maximum Gasteiger partial charge on any atom is 0.256 e. The topological polar surface area (TPSA) is 20.3 Å². The average Bonchev–Trinajstić information content (AvgIpc) is 2.02. The van der Waals surface area contributed by atoms with Gasteiger partial charge in [-0.05, 0) is 26.7 Å². The van der Waals surface area contributed by atoms with Gasteiger partial charge >= 0.3 is 0 Å². The molecule has 0 aromatic heterocycles. The fourth-order valence-electron chi connectivity index (χ4n) is 2.04. The standard InChI is InChI=1S/C10H17F2NO/c1-4-13-7(2)5-6-8(9(13)14)10(3,11)12/h7-8H,4-6H2,1-3H3. The van der Waals surface area contributed by atoms with Crippen molar-refractivity contribution in [3.63, 3.8) is 0 Å². The van der Waals surface area contributed by atoms with Gasteiger partial charge in [-0.15, -0.1) is 0 Å². The summed E-state index contributed by atoms with van der Waals surface area (Å²) in [6, 6.07) is 0.103. The second-order valence-electron chi connectivity index (χ2n) is 4.06. The van der Waals surface area contributed by atoms with E-state index in [4.69, 9.17) is 0 Å². The Bertz CT molecular complexity index is 225. The Balaban J connectivity index is 2.79. The first-order valence-corrected chi connectivity index (χ1v) is 5.06. The van der Waals surface area contributed by atoms with Crippen molar-refractivity contribution in [3.8, 4) is 0 Å². The molecule has 0 spiro atoms. The minimum atomic E-state index is -2.88. The molecule has 0 N–H and O–H groups in total. The molecule has 14 heavy (non-hydrogen) atoms. The molecule has 2 atom stereocenters. The highest BCUT2D eigenvalue weighted by molar-refractivity contribution is 5.80. The van der Waals surface area contributed by atoms with Crippen molar-refractivity contribution < 1.29 is 13.6 Å². The summed E-state index contributed by atoms with van der Waals surface area (Å²) in [4.78, 5) is 13.2. The van der Waals surface area contributed by atoms with Crippen LogP contribution in [0.4, 0.5) is 8.78 Å². The first-order valence-electron chi connectivity index (χ1n) is 5.06. The molecule has 0 aromatic rings. The number of carbonyl (C=O) groups excluding carboxylic acids is 1. The van der Waals surface area contributed by atoms with Gasteiger partial charge in [0.1, 0.15) is 5.92 Å². The molecule has 1 aliphatic heterocycles. The van der Waals surface area contributed by atoms with Crippen LogP contribution < -0.4 is 0 Å². The van der Waals surface area contributed by atoms with Crippen LogP contribution in [0, 0.1) is 5.92 Å². The monoisotopic (exact) mass is 205 g/mol. The van der Waals surface area contributed by atoms with Crippen LogP contribution in [0.2, 0.25) is 0 Å². The molecule has 82 valence electrons. The number of rotatable bonds is 2. The molecule has 1 fully saturated rings. The van der Waals surface area contributed by atoms with Gasteiger partial charge in [0.2, 0.25) is 5.91 Å². The lowest BCUT2D eigenvalue weighted by Crippen LogP contribution is -2.50. The summed E-state index contributed by atoms with van der Waals surface area (Å²) in [5, 5.41) is 0. The van der Waals surface area contributed by atoms with Crippen molar-refractivity contribution in [1.29, 1.82) is 0 Å². The second-order valence-corrected chi connectivity index (χ2v) is 4.06. The van der Waals surface area contributed by atoms with Gasteiger partial charge in [0.15, 0.2) is 0 Å². The molecule has 0 aromatic carbocycles. The molecular formula is C10H17F2NO. The number of likely N-dealkylation sites (tertiary alicyclic amines) is 1. The van der Waals surface area contributed by atoms with E-state index in [1.807, 2.05) is 13.8 Å². The summed E-state index contributed by atoms with van der Waals surface area (Å²) >= 11 is 0. The first kappa shape index (κ1) is 11.4. The molecular weight excluding hydrogens is 188 g/mol. The fraction of sp³-hybridized carbons (Fsp3) is 0.900. The van der Waals surface area contributed by atoms with Gasteiger partial charge in [-0.2, -0.15) is 0 Å². The molecule has 1 saturated heterocycles. The third-order valence-electron chi connectivity index (χ3n) is 2.94. The quantitative estimate of drug-likeness (QED) is 0.677. The van der Waals surface area contributed by atoms with Crippen LogP contribution in [0.5, 0.6) is 0 Å². The van der Waals surface area contributed by atoms with Gasteiger partial charge in [-0.3, -0.25) is 4.79 Å². The van der Waals surface area contributed by atoms with E-state index in [0.29, 0.717) is 19.4 Å². The minimum Gasteiger partial charge on any atom is -0.340 e. The van der Waals surface area contributed by atoms with Crippen LogP contribution in [0.1, 0.15) is 33.6 Å². The van der Waals surface area contributed by atoms with Crippen molar-refractivity contribution in [2.24, 2.45) is 5.92 Å². The SMILES string of the molecule is CCN1C(=O)C(C(C)(F)F)CCC1C. The Hall–Kier alpha value is -0.670. The Morgan fingerprint density at radius 3 is 2.50 bits per heavy atom. The number of nitrogens with zero attached hydrogens (tertiary/aromatic N) is 1. The normalized spacial score (nSPS) is 29.5. The van der Waals surface area contributed by atoms with E-state index in [9.17, 15) is 13.6 Å². The summed E-state index contributed by atoms with van der Waals surface area (Å²) < 4.78 is 26.1. The van der Waals surface area contributed by atoms with E-state index < -0.39 is 17.7 Å². The Labute approximate surface area is 83.3 Å². The van der Waals surface area contributed by atoms with Crippen molar-refractivity contribution in [1.82, 2.24) is 4.90 Å². The molecule has 0 saturated carbocycles. The number of hydrogen-bond acceptors (Lipinski definition) is 1. The van der Waals surface area contributed by atoms with Crippen LogP contribution in [0.25, 0.3) is 0 Å². The summed E-state index contributed by atoms with van der Waals surface area (Å²) in [6.07, 6.45) is 0.980. The summed E-state index contributed by atoms with van der Waals surface area (Å²) in [5.41, 5.74) is 0. The van der Waals surface area contributed by atoms with Crippen molar-refractivity contribution in [3.05, 3.63) is 0 Å². The van der Waals surface area contributed by atoms with Crippen molar-refractivity contribution >= 4 is 5.91 Å². The lowest BCUT2D eigenvalue weighted by molar-refractivity contribution is -0.156. The molecule has 0 bridgehead atoms. The Kier molecular flexibility index (Phi) is 3.12. The van der Waals surface area contributed by atoms with E-state index in [-0.39, 0.29) is 6.04 Å². The molecule has 2 nitrogen and oxygen atoms in total. The maximum atomic E-state index is 13.0. The average molecular weight is 205 g/mol. The Morgan fingerprint density at radius 1 is 1.50 bits per heavy atom. The van der Waals surface area contributed by atoms with E-state index in [0.717, 1.165) is 6.92 Å². The van der Waals surface area contributed by atoms with Crippen LogP contribution >= 0.6 is 0 Å². The molecule has 1 aliphatic rings. The highest BCUT2D eigenvalue weighted by Crippen LogP contribution is 2.34. The third kappa shape index (κ3) is 2.04. The van der Waals surface area contributed by atoms with E-state index in [2.05, 4.69) is 0 Å². The number of amides is 1. The van der Waals surface area contributed by atoms with E-state index in [1.165, 1.54) is 0 Å². The molecule has 4 heteroatoms. The van der Waals surface area contributed by atoms with Crippen molar-refractivity contribution in [2.75, 3.05) is 6.54 Å². The lowest BCUT2D eigenvalue weighted by Gasteiger charge is -2.38. The zero-order valence-electron chi connectivity index (χ0n) is 8.89. The van der Waals surface area contributed by atoms with Gasteiger partial charge in [0, 0.05) is 19.5 Å².